The molecule has 6 nitrogen and oxygen atoms in total. The van der Waals surface area contributed by atoms with Crippen LogP contribution in [0, 0.1) is 11.8 Å². The largest absolute Gasteiger partial charge is 0.381 e. The van der Waals surface area contributed by atoms with Crippen LogP contribution in [0.5, 0.6) is 0 Å². The molecule has 3 aromatic rings. The number of thiophene rings is 1. The van der Waals surface area contributed by atoms with Crippen LogP contribution in [0.25, 0.3) is 0 Å². The summed E-state index contributed by atoms with van der Waals surface area (Å²) < 4.78 is 6.94. The number of aromatic nitrogens is 1. The van der Waals surface area contributed by atoms with Gasteiger partial charge in [0.1, 0.15) is 17.3 Å². The number of ether oxygens (including phenoxy) is 1. The minimum Gasteiger partial charge on any atom is -0.381 e. The molecule has 9 heteroatoms. The van der Waals surface area contributed by atoms with Gasteiger partial charge in [-0.2, -0.15) is 11.3 Å². The number of thiol groups is 1. The van der Waals surface area contributed by atoms with Crippen LogP contribution >= 0.6 is 35.8 Å². The second-order valence-corrected chi connectivity index (χ2v) is 11.7. The maximum atomic E-state index is 13.8. The molecular weight excluding hydrogens is 526 g/mol. The number of amides is 1. The smallest absolute Gasteiger partial charge is 0.248 e. The van der Waals surface area contributed by atoms with Gasteiger partial charge in [0.05, 0.1) is 5.69 Å². The van der Waals surface area contributed by atoms with Crippen LogP contribution in [-0.4, -0.2) is 47.3 Å². The van der Waals surface area contributed by atoms with E-state index in [-0.39, 0.29) is 12.2 Å². The van der Waals surface area contributed by atoms with Crippen molar-refractivity contribution >= 4 is 53.3 Å². The highest BCUT2D eigenvalue weighted by Crippen LogP contribution is 2.48. The fraction of sp³-hybridized carbons (Fsp3) is 0.393. The first kappa shape index (κ1) is 24.9. The van der Waals surface area contributed by atoms with Crippen molar-refractivity contribution in [2.75, 3.05) is 31.2 Å². The van der Waals surface area contributed by atoms with Crippen LogP contribution in [0.4, 0.5) is 5.82 Å². The maximum absolute atomic E-state index is 13.8. The Morgan fingerprint density at radius 1 is 1.03 bits per heavy atom. The number of carbonyl (C=O) groups is 2. The zero-order valence-electron chi connectivity index (χ0n) is 20.3. The summed E-state index contributed by atoms with van der Waals surface area (Å²) in [5.41, 5.74) is 0.890. The van der Waals surface area contributed by atoms with Gasteiger partial charge >= 0.3 is 0 Å². The van der Waals surface area contributed by atoms with E-state index < -0.39 is 17.4 Å². The minimum absolute atomic E-state index is 0.0655. The lowest BCUT2D eigenvalue weighted by Crippen LogP contribution is -2.55. The van der Waals surface area contributed by atoms with E-state index in [1.165, 1.54) is 15.6 Å². The predicted octanol–water partition coefficient (Wildman–Crippen LogP) is 5.33. The van der Waals surface area contributed by atoms with E-state index in [2.05, 4.69) is 4.90 Å². The van der Waals surface area contributed by atoms with Gasteiger partial charge in [0.15, 0.2) is 5.78 Å². The van der Waals surface area contributed by atoms with E-state index in [1.807, 2.05) is 35.0 Å². The highest BCUT2D eigenvalue weighted by atomic mass is 35.5. The average Bonchev–Trinajstić information content (AvgIpc) is 3.43. The number of nitrogens with zero attached hydrogens (tertiary/aromatic N) is 3. The van der Waals surface area contributed by atoms with Gasteiger partial charge in [0.25, 0.3) is 0 Å². The van der Waals surface area contributed by atoms with Gasteiger partial charge in [0, 0.05) is 37.7 Å². The Hall–Kier alpha value is -2.39. The fourth-order valence-corrected chi connectivity index (χ4v) is 7.35. The van der Waals surface area contributed by atoms with Gasteiger partial charge in [-0.15, -0.1) is 0 Å². The predicted molar refractivity (Wildman–Crippen MR) is 148 cm³/mol. The van der Waals surface area contributed by atoms with E-state index >= 15 is 0 Å². The summed E-state index contributed by atoms with van der Waals surface area (Å²) in [5, 5.41) is 4.32. The van der Waals surface area contributed by atoms with Crippen molar-refractivity contribution < 1.29 is 14.3 Å². The van der Waals surface area contributed by atoms with E-state index in [4.69, 9.17) is 34.1 Å². The number of benzene rings is 1. The van der Waals surface area contributed by atoms with Crippen molar-refractivity contribution in [2.24, 2.45) is 11.8 Å². The molecule has 2 atom stereocenters. The van der Waals surface area contributed by atoms with Crippen molar-refractivity contribution in [3.8, 4) is 0 Å². The van der Waals surface area contributed by atoms with Gasteiger partial charge < -0.3 is 9.64 Å². The van der Waals surface area contributed by atoms with Crippen molar-refractivity contribution in [3.63, 3.8) is 0 Å². The third kappa shape index (κ3) is 4.28. The third-order valence-corrected chi connectivity index (χ3v) is 9.67. The maximum Gasteiger partial charge on any atom is 0.248 e. The number of halogens is 1. The molecule has 6 rings (SSSR count). The molecule has 3 fully saturated rings. The summed E-state index contributed by atoms with van der Waals surface area (Å²) >= 11 is 12.7. The first-order chi connectivity index (χ1) is 18.0. The molecule has 2 unspecified atom stereocenters. The lowest BCUT2D eigenvalue weighted by atomic mass is 9.74. The highest BCUT2D eigenvalue weighted by molar-refractivity contribution is 7.78. The quantitative estimate of drug-likeness (QED) is 0.342. The lowest BCUT2D eigenvalue weighted by Gasteiger charge is -2.47. The van der Waals surface area contributed by atoms with E-state index in [0.717, 1.165) is 50.5 Å². The SMILES string of the molecule is O=C1CC(c2ccsc2)(c2cccc(N3CC(C4CCOCC4)C3)n2)N(S)C(=O)C1c1ccccc1Cl. The monoisotopic (exact) mass is 553 g/mol. The zero-order chi connectivity index (χ0) is 25.6. The molecule has 192 valence electrons. The number of carbonyl (C=O) groups excluding carboxylic acids is 2. The number of rotatable bonds is 5. The Labute approximate surface area is 231 Å². The molecule has 0 saturated carbocycles. The molecule has 3 aliphatic rings. The molecule has 37 heavy (non-hydrogen) atoms. The molecule has 1 amide bonds. The highest BCUT2D eigenvalue weighted by Gasteiger charge is 2.54. The molecule has 5 heterocycles. The summed E-state index contributed by atoms with van der Waals surface area (Å²) in [5.74, 6) is 0.645. The average molecular weight is 554 g/mol. The van der Waals surface area contributed by atoms with Gasteiger partial charge in [-0.1, -0.05) is 48.7 Å². The number of hydrogen-bond donors (Lipinski definition) is 1. The van der Waals surface area contributed by atoms with Crippen molar-refractivity contribution in [2.45, 2.75) is 30.7 Å². The number of Topliss-reactive ketones (excluding diaryl/α,β-unsaturated/α-hetero) is 1. The first-order valence-electron chi connectivity index (χ1n) is 12.6. The van der Waals surface area contributed by atoms with Gasteiger partial charge in [0.2, 0.25) is 5.91 Å². The number of ketones is 1. The van der Waals surface area contributed by atoms with Crippen molar-refractivity contribution in [3.05, 3.63) is 81.1 Å². The van der Waals surface area contributed by atoms with Gasteiger partial charge in [-0.3, -0.25) is 13.9 Å². The molecule has 3 saturated heterocycles. The molecule has 1 aromatic carbocycles. The number of hydrogen-bond acceptors (Lipinski definition) is 7. The molecule has 0 radical (unpaired) electrons. The minimum atomic E-state index is -1.10. The second-order valence-electron chi connectivity index (χ2n) is 10.1. The first-order valence-corrected chi connectivity index (χ1v) is 14.3. The Balaban J connectivity index is 1.33. The molecule has 0 spiro atoms. The Morgan fingerprint density at radius 3 is 2.54 bits per heavy atom. The molecule has 0 aliphatic carbocycles. The summed E-state index contributed by atoms with van der Waals surface area (Å²) in [6, 6.07) is 14.8. The van der Waals surface area contributed by atoms with E-state index in [9.17, 15) is 9.59 Å². The fourth-order valence-electron chi connectivity index (χ4n) is 5.98. The second kappa shape index (κ2) is 10.1. The van der Waals surface area contributed by atoms with Crippen LogP contribution < -0.4 is 4.90 Å². The Bertz CT molecular complexity index is 1310. The molecule has 0 N–H and O–H groups in total. The van der Waals surface area contributed by atoms with Crippen LogP contribution in [0.15, 0.2) is 59.3 Å². The van der Waals surface area contributed by atoms with Crippen molar-refractivity contribution in [1.29, 1.82) is 0 Å². The summed E-state index contributed by atoms with van der Waals surface area (Å²) in [4.78, 5) is 34.8. The molecule has 3 aliphatic heterocycles. The van der Waals surface area contributed by atoms with Crippen LogP contribution in [-0.2, 0) is 19.9 Å². The third-order valence-electron chi connectivity index (χ3n) is 8.11. The molecular formula is C28H28ClN3O3S2. The Kier molecular flexibility index (Phi) is 6.77. The van der Waals surface area contributed by atoms with Crippen LogP contribution in [0.3, 0.4) is 0 Å². The zero-order valence-corrected chi connectivity index (χ0v) is 22.7. The van der Waals surface area contributed by atoms with Crippen LogP contribution in [0.2, 0.25) is 5.02 Å². The Morgan fingerprint density at radius 2 is 1.81 bits per heavy atom. The van der Waals surface area contributed by atoms with Gasteiger partial charge in [-0.25, -0.2) is 4.98 Å². The van der Waals surface area contributed by atoms with Crippen LogP contribution in [0.1, 0.15) is 42.0 Å². The van der Waals surface area contributed by atoms with E-state index in [0.29, 0.717) is 28.1 Å². The summed E-state index contributed by atoms with van der Waals surface area (Å²) in [6.07, 6.45) is 2.31. The number of piperidine rings is 1. The number of pyridine rings is 1. The molecule has 2 aromatic heterocycles. The van der Waals surface area contributed by atoms with E-state index in [1.54, 1.807) is 24.3 Å². The summed E-state index contributed by atoms with van der Waals surface area (Å²) in [7, 11) is 0. The topological polar surface area (TPSA) is 62.7 Å². The molecule has 0 bridgehead atoms. The number of anilines is 1. The standard InChI is InChI=1S/C28H28ClN3O3S2/c29-22-5-2-1-4-21(22)26-23(33)14-28(32(36)27(26)34,20-10-13-37-17-20)24-6-3-7-25(30-24)31-15-19(16-31)18-8-11-35-12-9-18/h1-7,10,13,17-19,26,36H,8-9,11-12,14-16H2. The normalized spacial score (nSPS) is 25.4. The van der Waals surface area contributed by atoms with Crippen molar-refractivity contribution in [1.82, 2.24) is 9.29 Å². The summed E-state index contributed by atoms with van der Waals surface area (Å²) in [6.45, 7) is 3.63. The lowest BCUT2D eigenvalue weighted by molar-refractivity contribution is -0.142. The van der Waals surface area contributed by atoms with Gasteiger partial charge in [-0.05, 0) is 70.8 Å².